The van der Waals surface area contributed by atoms with Crippen molar-refractivity contribution >= 4 is 33.9 Å². The van der Waals surface area contributed by atoms with Crippen molar-refractivity contribution in [2.75, 3.05) is 4.90 Å². The molecule has 1 aliphatic rings. The number of aromatic nitrogens is 1. The third-order valence-corrected chi connectivity index (χ3v) is 6.88. The maximum Gasteiger partial charge on any atom is 0.301 e. The number of amides is 1. The van der Waals surface area contributed by atoms with E-state index in [0.29, 0.717) is 10.7 Å². The highest BCUT2D eigenvalue weighted by atomic mass is 32.1. The predicted molar refractivity (Wildman–Crippen MR) is 128 cm³/mol. The molecule has 1 fully saturated rings. The monoisotopic (exact) mass is 446 g/mol. The minimum atomic E-state index is -0.755. The Morgan fingerprint density at radius 1 is 1.00 bits per heavy atom. The number of ketones is 1. The molecule has 1 amide bonds. The van der Waals surface area contributed by atoms with Crippen LogP contribution in [-0.2, 0) is 15.0 Å². The summed E-state index contributed by atoms with van der Waals surface area (Å²) < 4.78 is 0. The number of carbonyl (C=O) groups excluding carboxylic acids is 2. The number of benzene rings is 2. The highest BCUT2D eigenvalue weighted by Crippen LogP contribution is 2.44. The van der Waals surface area contributed by atoms with Crippen molar-refractivity contribution < 1.29 is 14.7 Å². The molecule has 0 unspecified atom stereocenters. The third-order valence-electron chi connectivity index (χ3n) is 5.81. The van der Waals surface area contributed by atoms with Gasteiger partial charge in [0.1, 0.15) is 5.76 Å². The molecule has 6 heteroatoms. The van der Waals surface area contributed by atoms with E-state index in [-0.39, 0.29) is 16.7 Å². The van der Waals surface area contributed by atoms with Gasteiger partial charge in [0.2, 0.25) is 0 Å². The van der Waals surface area contributed by atoms with Crippen LogP contribution < -0.4 is 4.90 Å². The molecule has 0 aliphatic carbocycles. The van der Waals surface area contributed by atoms with Crippen LogP contribution in [-0.4, -0.2) is 21.8 Å². The number of anilines is 1. The van der Waals surface area contributed by atoms with E-state index < -0.39 is 17.7 Å². The molecule has 0 bridgehead atoms. The van der Waals surface area contributed by atoms with Crippen LogP contribution in [0.2, 0.25) is 0 Å². The zero-order chi connectivity index (χ0) is 23.2. The van der Waals surface area contributed by atoms with E-state index in [1.54, 1.807) is 24.3 Å². The van der Waals surface area contributed by atoms with Gasteiger partial charge in [0.05, 0.1) is 17.3 Å². The Morgan fingerprint density at radius 3 is 2.16 bits per heavy atom. The standard InChI is InChI=1S/C26H26N2O3S/c1-15-16(2)32-25(27-15)28-21(17-11-13-19(14-12-17)26(3,4)5)20(23(30)24(28)31)22(29)18-9-7-6-8-10-18/h6-14,21,29H,1-5H3/t21-/m0/s1. The van der Waals surface area contributed by atoms with Gasteiger partial charge in [-0.15, -0.1) is 11.3 Å². The number of hydrogen-bond donors (Lipinski definition) is 1. The number of aliphatic hydroxyl groups excluding tert-OH is 1. The lowest BCUT2D eigenvalue weighted by atomic mass is 9.85. The highest BCUT2D eigenvalue weighted by molar-refractivity contribution is 7.16. The first-order valence-corrected chi connectivity index (χ1v) is 11.3. The molecule has 1 N–H and O–H groups in total. The minimum Gasteiger partial charge on any atom is -0.507 e. The van der Waals surface area contributed by atoms with Gasteiger partial charge in [-0.2, -0.15) is 0 Å². The number of carbonyl (C=O) groups is 2. The Labute approximate surface area is 192 Å². The maximum atomic E-state index is 13.2. The van der Waals surface area contributed by atoms with E-state index in [9.17, 15) is 14.7 Å². The zero-order valence-corrected chi connectivity index (χ0v) is 19.7. The smallest absolute Gasteiger partial charge is 0.301 e. The van der Waals surface area contributed by atoms with Crippen molar-refractivity contribution in [3.63, 3.8) is 0 Å². The lowest BCUT2D eigenvalue weighted by Crippen LogP contribution is -2.29. The van der Waals surface area contributed by atoms with E-state index in [1.165, 1.54) is 16.2 Å². The molecular formula is C26H26N2O3S. The zero-order valence-electron chi connectivity index (χ0n) is 18.8. The van der Waals surface area contributed by atoms with E-state index >= 15 is 0 Å². The molecule has 1 saturated heterocycles. The quantitative estimate of drug-likeness (QED) is 0.319. The molecule has 1 aliphatic heterocycles. The Bertz CT molecular complexity index is 1200. The summed E-state index contributed by atoms with van der Waals surface area (Å²) in [4.78, 5) is 33.3. The van der Waals surface area contributed by atoms with E-state index in [1.807, 2.05) is 44.2 Å². The van der Waals surface area contributed by atoms with Gasteiger partial charge in [0.25, 0.3) is 5.78 Å². The lowest BCUT2D eigenvalue weighted by Gasteiger charge is -2.24. The summed E-state index contributed by atoms with van der Waals surface area (Å²) in [6, 6.07) is 16.0. The average Bonchev–Trinajstić information content (AvgIpc) is 3.23. The van der Waals surface area contributed by atoms with Crippen molar-refractivity contribution in [3.05, 3.63) is 87.4 Å². The van der Waals surface area contributed by atoms with Crippen LogP contribution in [0.4, 0.5) is 5.13 Å². The molecule has 4 rings (SSSR count). The van der Waals surface area contributed by atoms with Crippen molar-refractivity contribution in [3.8, 4) is 0 Å². The number of rotatable bonds is 3. The molecule has 3 aromatic rings. The topological polar surface area (TPSA) is 70.5 Å². The molecule has 2 heterocycles. The number of thiazole rings is 1. The van der Waals surface area contributed by atoms with Crippen LogP contribution in [0.5, 0.6) is 0 Å². The van der Waals surface area contributed by atoms with Gasteiger partial charge in [-0.05, 0) is 30.4 Å². The van der Waals surface area contributed by atoms with Gasteiger partial charge in [0.15, 0.2) is 5.13 Å². The molecular weight excluding hydrogens is 420 g/mol. The molecule has 5 nitrogen and oxygen atoms in total. The highest BCUT2D eigenvalue weighted by Gasteiger charge is 2.48. The fraction of sp³-hybridized carbons (Fsp3) is 0.269. The van der Waals surface area contributed by atoms with Crippen molar-refractivity contribution in [1.29, 1.82) is 0 Å². The summed E-state index contributed by atoms with van der Waals surface area (Å²) in [5.41, 5.74) is 3.25. The molecule has 0 saturated carbocycles. The van der Waals surface area contributed by atoms with Gasteiger partial charge < -0.3 is 5.11 Å². The average molecular weight is 447 g/mol. The van der Waals surface area contributed by atoms with Crippen LogP contribution in [0.1, 0.15) is 54.1 Å². The number of aliphatic hydroxyl groups is 1. The fourth-order valence-electron chi connectivity index (χ4n) is 3.82. The number of aryl methyl sites for hydroxylation is 2. The lowest BCUT2D eigenvalue weighted by molar-refractivity contribution is -0.132. The first kappa shape index (κ1) is 22.0. The number of hydrogen-bond acceptors (Lipinski definition) is 5. The Morgan fingerprint density at radius 2 is 1.62 bits per heavy atom. The van der Waals surface area contributed by atoms with Gasteiger partial charge in [-0.25, -0.2) is 4.98 Å². The van der Waals surface area contributed by atoms with E-state index in [4.69, 9.17) is 0 Å². The van der Waals surface area contributed by atoms with Crippen molar-refractivity contribution in [2.45, 2.75) is 46.1 Å². The molecule has 1 atom stereocenters. The molecule has 2 aromatic carbocycles. The summed E-state index contributed by atoms with van der Waals surface area (Å²) >= 11 is 1.37. The van der Waals surface area contributed by atoms with Crippen LogP contribution in [0.3, 0.4) is 0 Å². The van der Waals surface area contributed by atoms with Gasteiger partial charge in [-0.1, -0.05) is 75.4 Å². The van der Waals surface area contributed by atoms with Crippen LogP contribution in [0, 0.1) is 13.8 Å². The number of Topliss-reactive ketones (excluding diaryl/α,β-unsaturated/α-hetero) is 1. The predicted octanol–water partition coefficient (Wildman–Crippen LogP) is 5.68. The molecule has 32 heavy (non-hydrogen) atoms. The fourth-order valence-corrected chi connectivity index (χ4v) is 4.76. The Kier molecular flexibility index (Phi) is 5.51. The van der Waals surface area contributed by atoms with Crippen LogP contribution in [0.25, 0.3) is 5.76 Å². The summed E-state index contributed by atoms with van der Waals surface area (Å²) in [6.45, 7) is 10.2. The summed E-state index contributed by atoms with van der Waals surface area (Å²) in [5.74, 6) is -1.57. The van der Waals surface area contributed by atoms with Crippen molar-refractivity contribution in [2.24, 2.45) is 0 Å². The molecule has 0 radical (unpaired) electrons. The molecule has 164 valence electrons. The summed E-state index contributed by atoms with van der Waals surface area (Å²) in [5, 5.41) is 11.6. The van der Waals surface area contributed by atoms with Gasteiger partial charge in [0, 0.05) is 10.4 Å². The minimum absolute atomic E-state index is 0.0338. The van der Waals surface area contributed by atoms with Gasteiger partial charge >= 0.3 is 5.91 Å². The van der Waals surface area contributed by atoms with E-state index in [2.05, 4.69) is 25.8 Å². The second kappa shape index (κ2) is 8.02. The molecule has 0 spiro atoms. The maximum absolute atomic E-state index is 13.2. The van der Waals surface area contributed by atoms with Crippen LogP contribution in [0.15, 0.2) is 60.2 Å². The largest absolute Gasteiger partial charge is 0.507 e. The number of nitrogens with zero attached hydrogens (tertiary/aromatic N) is 2. The Balaban J connectivity index is 1.93. The van der Waals surface area contributed by atoms with Crippen LogP contribution >= 0.6 is 11.3 Å². The molecule has 1 aromatic heterocycles. The van der Waals surface area contributed by atoms with Gasteiger partial charge in [-0.3, -0.25) is 14.5 Å². The normalized spacial score (nSPS) is 18.4. The van der Waals surface area contributed by atoms with Crippen molar-refractivity contribution in [1.82, 2.24) is 4.98 Å². The first-order chi connectivity index (χ1) is 15.1. The van der Waals surface area contributed by atoms with E-state index in [0.717, 1.165) is 21.7 Å². The second-order valence-corrected chi connectivity index (χ2v) is 10.2. The third kappa shape index (κ3) is 3.75. The summed E-state index contributed by atoms with van der Waals surface area (Å²) in [7, 11) is 0. The Hall–Kier alpha value is -3.25. The SMILES string of the molecule is Cc1nc(N2C(=O)C(=O)C(=C(O)c3ccccc3)[C@@H]2c2ccc(C(C)(C)C)cc2)sc1C. The second-order valence-electron chi connectivity index (χ2n) is 9.05. The first-order valence-electron chi connectivity index (χ1n) is 10.5. The summed E-state index contributed by atoms with van der Waals surface area (Å²) in [6.07, 6.45) is 0.